The Hall–Kier alpha value is -4.12. The van der Waals surface area contributed by atoms with Gasteiger partial charge >= 0.3 is 6.18 Å². The van der Waals surface area contributed by atoms with Crippen LogP contribution >= 0.6 is 0 Å². The van der Waals surface area contributed by atoms with Crippen molar-refractivity contribution >= 4 is 22.8 Å². The van der Waals surface area contributed by atoms with Gasteiger partial charge in [0.25, 0.3) is 0 Å². The first kappa shape index (κ1) is 27.4. The van der Waals surface area contributed by atoms with Crippen molar-refractivity contribution < 1.29 is 17.6 Å². The Morgan fingerprint density at radius 2 is 1.88 bits per heavy atom. The molecule has 40 heavy (non-hydrogen) atoms. The molecule has 0 unspecified atom stereocenters. The Morgan fingerprint density at radius 3 is 2.58 bits per heavy atom. The number of rotatable bonds is 8. The third-order valence-corrected chi connectivity index (χ3v) is 7.01. The topological polar surface area (TPSA) is 105 Å². The Balaban J connectivity index is 1.27. The molecular formula is C29H29F4N7. The first-order chi connectivity index (χ1) is 19.3. The number of alkyl halides is 3. The molecule has 1 fully saturated rings. The van der Waals surface area contributed by atoms with E-state index < -0.39 is 17.8 Å². The number of fused-ring (bicyclic) bond motifs is 1. The summed E-state index contributed by atoms with van der Waals surface area (Å²) in [6.45, 7) is 1.90. The highest BCUT2D eigenvalue weighted by molar-refractivity contribution is 6.10. The fourth-order valence-electron chi connectivity index (χ4n) is 4.71. The highest BCUT2D eigenvalue weighted by Crippen LogP contribution is 2.27. The highest BCUT2D eigenvalue weighted by Gasteiger charge is 2.32. The summed E-state index contributed by atoms with van der Waals surface area (Å²) in [5, 5.41) is 4.18. The summed E-state index contributed by atoms with van der Waals surface area (Å²) >= 11 is 0. The number of nitrogens with one attached hydrogen (secondary N) is 2. The number of hydrogen-bond donors (Lipinski definition) is 3. The van der Waals surface area contributed by atoms with Crippen LogP contribution in [0.5, 0.6) is 0 Å². The number of aromatic amines is 1. The summed E-state index contributed by atoms with van der Waals surface area (Å²) in [6, 6.07) is 7.99. The molecule has 11 heteroatoms. The van der Waals surface area contributed by atoms with Crippen molar-refractivity contribution in [3.8, 4) is 0 Å². The van der Waals surface area contributed by atoms with Crippen LogP contribution in [0.1, 0.15) is 46.5 Å². The molecule has 0 radical (unpaired) electrons. The Morgan fingerprint density at radius 1 is 1.05 bits per heavy atom. The number of piperidine rings is 1. The van der Waals surface area contributed by atoms with Gasteiger partial charge in [0, 0.05) is 65.2 Å². The summed E-state index contributed by atoms with van der Waals surface area (Å²) in [7, 11) is 0. The van der Waals surface area contributed by atoms with Crippen LogP contribution in [0, 0.1) is 5.95 Å². The van der Waals surface area contributed by atoms with Gasteiger partial charge in [-0.25, -0.2) is 9.97 Å². The minimum Gasteiger partial charge on any atom is -0.404 e. The Bertz CT molecular complexity index is 1520. The van der Waals surface area contributed by atoms with E-state index in [2.05, 4.69) is 25.3 Å². The molecule has 208 valence electrons. The van der Waals surface area contributed by atoms with E-state index in [1.54, 1.807) is 30.7 Å². The lowest BCUT2D eigenvalue weighted by atomic mass is 10.0. The van der Waals surface area contributed by atoms with Gasteiger partial charge in [0.1, 0.15) is 11.3 Å². The van der Waals surface area contributed by atoms with Gasteiger partial charge in [-0.3, -0.25) is 9.98 Å². The standard InChI is InChI=1S/C29H29F4N7/c30-27-19(3-5-24(40-27)4-1-18-2-6-26(37-14-18)29(31,32)33)11-21-16-39-28-25(21)12-20(15-38-28)22(13-34)17-36-23-7-9-35-10-8-23/h2-3,5-6,12-17,23,35H,1,4,7-11,34H2,(H,38,39). The number of aliphatic imine (C=N–C) groups is 1. The maximum Gasteiger partial charge on any atom is 0.433 e. The predicted molar refractivity (Wildman–Crippen MR) is 146 cm³/mol. The van der Waals surface area contributed by atoms with Gasteiger partial charge in [-0.1, -0.05) is 12.1 Å². The summed E-state index contributed by atoms with van der Waals surface area (Å²) in [4.78, 5) is 19.9. The van der Waals surface area contributed by atoms with Gasteiger partial charge in [0.15, 0.2) is 0 Å². The smallest absolute Gasteiger partial charge is 0.404 e. The van der Waals surface area contributed by atoms with Gasteiger partial charge in [0.2, 0.25) is 5.95 Å². The van der Waals surface area contributed by atoms with E-state index in [9.17, 15) is 17.6 Å². The summed E-state index contributed by atoms with van der Waals surface area (Å²) in [6.07, 6.45) is 6.61. The van der Waals surface area contributed by atoms with Crippen LogP contribution in [0.2, 0.25) is 0 Å². The number of nitrogens with two attached hydrogens (primary N) is 1. The molecule has 1 aliphatic heterocycles. The van der Waals surface area contributed by atoms with E-state index in [4.69, 9.17) is 10.7 Å². The van der Waals surface area contributed by atoms with Crippen LogP contribution < -0.4 is 11.1 Å². The van der Waals surface area contributed by atoms with Crippen molar-refractivity contribution in [1.82, 2.24) is 25.3 Å². The monoisotopic (exact) mass is 551 g/mol. The maximum atomic E-state index is 15.0. The quantitative estimate of drug-likeness (QED) is 0.162. The zero-order chi connectivity index (χ0) is 28.1. The minimum absolute atomic E-state index is 0.265. The van der Waals surface area contributed by atoms with Crippen LogP contribution in [-0.4, -0.2) is 45.3 Å². The molecule has 7 nitrogen and oxygen atoms in total. The molecule has 0 amide bonds. The predicted octanol–water partition coefficient (Wildman–Crippen LogP) is 5.01. The van der Waals surface area contributed by atoms with E-state index in [1.807, 2.05) is 6.07 Å². The van der Waals surface area contributed by atoms with Crippen LogP contribution in [0.25, 0.3) is 16.6 Å². The van der Waals surface area contributed by atoms with Gasteiger partial charge in [-0.2, -0.15) is 17.6 Å². The second-order valence-electron chi connectivity index (χ2n) is 9.79. The van der Waals surface area contributed by atoms with Gasteiger partial charge in [0.05, 0.1) is 6.04 Å². The van der Waals surface area contributed by atoms with Gasteiger partial charge < -0.3 is 16.0 Å². The summed E-state index contributed by atoms with van der Waals surface area (Å²) < 4.78 is 53.1. The molecule has 4 aromatic rings. The SMILES string of the molecule is NC=C(C=NC1CCNCC1)c1cnc2[nH]cc(Cc3ccc(CCc4ccc(C(F)(F)F)nc4)nc3F)c2c1. The molecule has 0 aliphatic carbocycles. The molecule has 0 saturated carbocycles. The Kier molecular flexibility index (Phi) is 8.20. The van der Waals surface area contributed by atoms with Crippen LogP contribution in [0.3, 0.4) is 0 Å². The van der Waals surface area contributed by atoms with Crippen molar-refractivity contribution in [3.05, 3.63) is 94.7 Å². The molecule has 4 aromatic heterocycles. The lowest BCUT2D eigenvalue weighted by molar-refractivity contribution is -0.141. The number of aromatic nitrogens is 4. The zero-order valence-electron chi connectivity index (χ0n) is 21.7. The molecule has 0 aromatic carbocycles. The molecule has 4 N–H and O–H groups in total. The number of halogens is 4. The molecule has 1 aliphatic rings. The van der Waals surface area contributed by atoms with Crippen molar-refractivity contribution in [2.24, 2.45) is 10.7 Å². The third kappa shape index (κ3) is 6.53. The average molecular weight is 552 g/mol. The third-order valence-electron chi connectivity index (χ3n) is 7.01. The number of H-pyrrole nitrogens is 1. The number of nitrogens with zero attached hydrogens (tertiary/aromatic N) is 4. The maximum absolute atomic E-state index is 15.0. The van der Waals surface area contributed by atoms with Crippen LogP contribution in [0.15, 0.2) is 60.1 Å². The molecule has 1 saturated heterocycles. The molecule has 0 atom stereocenters. The lowest BCUT2D eigenvalue weighted by Gasteiger charge is -2.18. The van der Waals surface area contributed by atoms with E-state index in [1.165, 1.54) is 18.5 Å². The van der Waals surface area contributed by atoms with E-state index >= 15 is 0 Å². The molecule has 5 heterocycles. The summed E-state index contributed by atoms with van der Waals surface area (Å²) in [5.74, 6) is -0.585. The lowest BCUT2D eigenvalue weighted by Crippen LogP contribution is -2.29. The number of allylic oxidation sites excluding steroid dienone is 1. The van der Waals surface area contributed by atoms with Crippen LogP contribution in [0.4, 0.5) is 17.6 Å². The van der Waals surface area contributed by atoms with Crippen LogP contribution in [-0.2, 0) is 25.4 Å². The second kappa shape index (κ2) is 12.0. The first-order valence-corrected chi connectivity index (χ1v) is 13.1. The molecule has 0 bridgehead atoms. The van der Waals surface area contributed by atoms with Gasteiger partial charge in [-0.15, -0.1) is 0 Å². The number of aryl methyl sites for hydroxylation is 2. The zero-order valence-corrected chi connectivity index (χ0v) is 21.7. The van der Waals surface area contributed by atoms with Crippen molar-refractivity contribution in [1.29, 1.82) is 0 Å². The van der Waals surface area contributed by atoms with E-state index in [-0.39, 0.29) is 6.04 Å². The number of hydrogen-bond acceptors (Lipinski definition) is 6. The molecule has 0 spiro atoms. The molecule has 5 rings (SSSR count). The van der Waals surface area contributed by atoms with Crippen molar-refractivity contribution in [2.75, 3.05) is 13.1 Å². The fourth-order valence-corrected chi connectivity index (χ4v) is 4.71. The second-order valence-corrected chi connectivity index (χ2v) is 9.79. The number of pyridine rings is 3. The van der Waals surface area contributed by atoms with E-state index in [0.717, 1.165) is 54.1 Å². The van der Waals surface area contributed by atoms with Gasteiger partial charge in [-0.05, 0) is 68.1 Å². The highest BCUT2D eigenvalue weighted by atomic mass is 19.4. The fraction of sp³-hybridized carbons (Fsp3) is 0.310. The Labute approximate surface area is 228 Å². The summed E-state index contributed by atoms with van der Waals surface area (Å²) in [5.41, 5.74) is 9.65. The van der Waals surface area contributed by atoms with Crippen molar-refractivity contribution in [3.63, 3.8) is 0 Å². The van der Waals surface area contributed by atoms with Crippen molar-refractivity contribution in [2.45, 2.75) is 44.3 Å². The normalized spacial score (nSPS) is 15.3. The largest absolute Gasteiger partial charge is 0.433 e. The van der Waals surface area contributed by atoms with E-state index in [0.29, 0.717) is 41.7 Å². The minimum atomic E-state index is -4.48. The average Bonchev–Trinajstić information content (AvgIpc) is 3.36. The first-order valence-electron chi connectivity index (χ1n) is 13.1. The molecular weight excluding hydrogens is 522 g/mol.